The highest BCUT2D eigenvalue weighted by atomic mass is 32.2. The maximum absolute atomic E-state index is 15.0. The molecule has 0 spiro atoms. The molecular weight excluding hydrogens is 1570 g/mol. The number of hydrogen-bond donors (Lipinski definition) is 18. The first-order valence-corrected chi connectivity index (χ1v) is 38.9. The number of carbonyl (C=O) groups excluding carboxylic acids is 1. The van der Waals surface area contributed by atoms with Crippen molar-refractivity contribution in [3.05, 3.63) is 160 Å². The van der Waals surface area contributed by atoms with Crippen LogP contribution in [0.3, 0.4) is 0 Å². The summed E-state index contributed by atoms with van der Waals surface area (Å²) in [5.74, 6) is -11.1. The molecule has 0 saturated heterocycles. The van der Waals surface area contributed by atoms with Crippen LogP contribution in [0.1, 0.15) is 176 Å². The molecule has 5 aliphatic rings. The second-order valence-electron chi connectivity index (χ2n) is 26.8. The predicted octanol–water partition coefficient (Wildman–Crippen LogP) is 9.17. The lowest BCUT2D eigenvalue weighted by Crippen LogP contribution is -2.49. The van der Waals surface area contributed by atoms with Gasteiger partial charge in [-0.1, -0.05) is 58.4 Å². The number of carbonyl (C=O) groups is 1. The summed E-state index contributed by atoms with van der Waals surface area (Å²) in [7, 11) is 0. The van der Waals surface area contributed by atoms with Gasteiger partial charge in [-0.05, 0) is 78.9 Å². The first-order chi connectivity index (χ1) is 53.2. The normalized spacial score (nSPS) is 26.6. The molecular formula is C71H81N19O18S5. The summed E-state index contributed by atoms with van der Waals surface area (Å²) in [6.07, 6.45) is -3.49. The molecule has 15 atom stereocenters. The number of nitrogens with zero attached hydrogens (tertiary/aromatic N) is 17. The number of ether oxygens (including phenoxy) is 1. The molecule has 113 heavy (non-hydrogen) atoms. The van der Waals surface area contributed by atoms with E-state index in [-0.39, 0.29) is 94.7 Å². The molecule has 18 N–H and O–H groups in total. The number of fused-ring (bicyclic) bond motifs is 7. The average molecular weight is 1650 g/mol. The molecule has 0 fully saturated rings. The summed E-state index contributed by atoms with van der Waals surface area (Å²) in [6, 6.07) is -10.2. The Morgan fingerprint density at radius 3 is 2.11 bits per heavy atom. The highest BCUT2D eigenvalue weighted by Crippen LogP contribution is 2.51. The van der Waals surface area contributed by atoms with Gasteiger partial charge in [0.1, 0.15) is 124 Å². The average Bonchev–Trinajstić information content (AvgIpc) is 1.66. The molecule has 7 unspecified atom stereocenters. The van der Waals surface area contributed by atoms with Crippen LogP contribution in [0, 0.1) is 11.3 Å². The molecule has 0 aromatic carbocycles. The summed E-state index contributed by atoms with van der Waals surface area (Å²) in [5, 5.41) is 200. The van der Waals surface area contributed by atoms with Gasteiger partial charge in [-0.25, -0.2) is 79.6 Å². The van der Waals surface area contributed by atoms with E-state index in [1.54, 1.807) is 26.8 Å². The van der Waals surface area contributed by atoms with Crippen LogP contribution >= 0.6 is 57.1 Å². The number of thioether (sulfide) groups is 1. The largest absolute Gasteiger partial charge is 0.495 e. The van der Waals surface area contributed by atoms with Crippen molar-refractivity contribution in [2.75, 3.05) is 5.75 Å². The van der Waals surface area contributed by atoms with Crippen molar-refractivity contribution in [3.8, 4) is 0 Å². The minimum Gasteiger partial charge on any atom is -0.495 e. The molecule has 4 aliphatic heterocycles. The van der Waals surface area contributed by atoms with E-state index >= 15 is 4.79 Å². The Kier molecular flexibility index (Phi) is 26.0. The van der Waals surface area contributed by atoms with E-state index in [4.69, 9.17) is 35.1 Å². The van der Waals surface area contributed by atoms with E-state index in [1.165, 1.54) is 81.3 Å². The van der Waals surface area contributed by atoms with Gasteiger partial charge in [-0.3, -0.25) is 20.7 Å². The zero-order valence-electron chi connectivity index (χ0n) is 61.8. The third kappa shape index (κ3) is 18.5. The fourth-order valence-corrected chi connectivity index (χ4v) is 16.4. The highest BCUT2D eigenvalue weighted by Gasteiger charge is 2.50. The van der Waals surface area contributed by atoms with Crippen molar-refractivity contribution < 1.29 is 91.2 Å². The lowest BCUT2D eigenvalue weighted by atomic mass is 9.81. The highest BCUT2D eigenvalue weighted by molar-refractivity contribution is 8.14. The zero-order valence-corrected chi connectivity index (χ0v) is 65.8. The van der Waals surface area contributed by atoms with Gasteiger partial charge in [-0.2, -0.15) is 0 Å². The Morgan fingerprint density at radius 2 is 1.43 bits per heavy atom. The molecule has 37 nitrogen and oxygen atoms in total. The molecule has 598 valence electrons. The van der Waals surface area contributed by atoms with Gasteiger partial charge in [0.2, 0.25) is 64.9 Å². The number of pyridine rings is 1. The van der Waals surface area contributed by atoms with Crippen molar-refractivity contribution >= 4 is 145 Å². The molecule has 9 heterocycles. The van der Waals surface area contributed by atoms with Gasteiger partial charge in [0.25, 0.3) is 0 Å². The number of nitrogens with one attached hydrogen (secondary N) is 2. The van der Waals surface area contributed by atoms with Crippen LogP contribution in [0.5, 0.6) is 0 Å². The Hall–Kier alpha value is -10.8. The molecule has 1 aliphatic carbocycles. The fourth-order valence-electron chi connectivity index (χ4n) is 11.6. The summed E-state index contributed by atoms with van der Waals surface area (Å²) in [5.41, 5.74) is -7.44. The van der Waals surface area contributed by atoms with Crippen molar-refractivity contribution in [1.29, 1.82) is 5.41 Å². The Morgan fingerprint density at radius 1 is 0.752 bits per heavy atom. The molecule has 10 rings (SSSR count). The number of hydrogen-bond acceptors (Lipinski definition) is 31. The van der Waals surface area contributed by atoms with Gasteiger partial charge in [0.15, 0.2) is 6.04 Å². The van der Waals surface area contributed by atoms with E-state index in [0.29, 0.717) is 0 Å². The number of aliphatic hydroxyl groups excluding tert-OH is 15. The summed E-state index contributed by atoms with van der Waals surface area (Å²) >= 11 is 4.56. The zero-order chi connectivity index (χ0) is 82.7. The third-order valence-corrected chi connectivity index (χ3v) is 23.0. The van der Waals surface area contributed by atoms with Gasteiger partial charge in [0, 0.05) is 32.8 Å². The number of rotatable bonds is 11. The van der Waals surface area contributed by atoms with Crippen molar-refractivity contribution in [2.24, 2.45) is 65.8 Å². The first kappa shape index (κ1) is 84.6. The standard InChI is InChI=1S/C71H81N19O18S5/c1-14-37-64-83-44(22-109-64)61(103)89-52(70(13,107)34(12)93)67-85-43(23-112-67)59(101)88-48-33(11)108-68(106)40-19-36(31(9)91)35-15-16-38(50(94)49(35)79-40)78-46(25(2)3)62(104)77-29(7)56(98)74-27(5)55(97)75-30(8)57(99)90-71(69-86-45(24-113-69)60(102)87-47(32(10)92)63(105)81-37)18-17-39(80-51(71)41-20-111-66(48)82-41)65-84-42(21-110-65)58(100)76-28(6)54(96)73-26(4)53(72)95/h14-16,19-21,23-25,30-34,38,44,46-48,50-52,78,91-94,107H,4-7,17-18,22H2,1-3,8-13H3,(H2,72,95)(H,73,96)(H,74,98)(H,75,97)(H,76,100)(H,77,104)(H,81,105)(H,87,102)(H,88,101)(H,89,103)(H,90,99)/b37-14-/t30-,31+,32?,33?,34+,38?,44+,46?,47?,48?,50-,51+,52?,70+,71+/m0/s1. The van der Waals surface area contributed by atoms with Crippen LogP contribution < -0.4 is 5.32 Å². The van der Waals surface area contributed by atoms with E-state index < -0.39 is 195 Å². The molecule has 42 heteroatoms. The van der Waals surface area contributed by atoms with Gasteiger partial charge in [-0.15, -0.1) is 57.1 Å². The maximum Gasteiger partial charge on any atom is 0.357 e. The molecule has 0 radical (unpaired) electrons. The van der Waals surface area contributed by atoms with Gasteiger partial charge in [0.05, 0.1) is 53.2 Å². The number of aliphatic imine (C=N–C) groups is 12. The van der Waals surface area contributed by atoms with Crippen LogP contribution in [0.2, 0.25) is 0 Å². The Balaban J connectivity index is 1.25. The monoisotopic (exact) mass is 1650 g/mol. The van der Waals surface area contributed by atoms with Gasteiger partial charge < -0.3 is 86.4 Å². The van der Waals surface area contributed by atoms with Crippen LogP contribution in [-0.4, -0.2) is 248 Å². The smallest absolute Gasteiger partial charge is 0.357 e. The number of thiazole rings is 4. The van der Waals surface area contributed by atoms with E-state index in [1.807, 2.05) is 0 Å². The number of esters is 1. The third-order valence-electron chi connectivity index (χ3n) is 18.2. The summed E-state index contributed by atoms with van der Waals surface area (Å²) in [4.78, 5) is 91.2. The lowest BCUT2D eigenvalue weighted by Gasteiger charge is -2.37. The van der Waals surface area contributed by atoms with Crippen molar-refractivity contribution in [1.82, 2.24) is 30.2 Å². The molecule has 5 aromatic heterocycles. The van der Waals surface area contributed by atoms with E-state index in [9.17, 15) is 81.7 Å². The quantitative estimate of drug-likeness (QED) is 0.0333. The first-order valence-electron chi connectivity index (χ1n) is 34.4. The summed E-state index contributed by atoms with van der Waals surface area (Å²) < 4.78 is 6.26. The van der Waals surface area contributed by atoms with Crippen LogP contribution in [-0.2, 0) is 10.3 Å². The number of cyclic esters (lactones) is 1. The topological polar surface area (TPSA) is 599 Å². The second-order valence-corrected chi connectivity index (χ2v) is 31.3. The lowest BCUT2D eigenvalue weighted by molar-refractivity contribution is -0.0698. The van der Waals surface area contributed by atoms with E-state index in [0.717, 1.165) is 57.1 Å². The predicted molar refractivity (Wildman–Crippen MR) is 433 cm³/mol. The fraction of sp³-hybridized carbons (Fsp3) is 0.394. The SMILES string of the molecule is C=C(N=C(O)C(=C)N=C(O)c1csc(C2=N[C@@H]3c4csc(n4)C4N=C(O)c5csc(n5)C([C@](C)(O)[C@@H](C)O)N=C(O)[C@H]5CSC(=N5)/C(=C/C)N=C(O)C(C(C)O)N=C(O)c5csc(n5)[C@]3(CC2)N=C(O)[C@H](C)N=C(O)C(=C)N=C(O)C(=C)N=C(O)C(C(C)C)NC2C=Cc3c([C@@H](C)O)cc(nc3[C@H]2O)C(=O)OC4C)n1)C(=N)O. The minimum absolute atomic E-state index is 0.0204. The second kappa shape index (κ2) is 34.7. The molecule has 5 aromatic rings. The van der Waals surface area contributed by atoms with Crippen molar-refractivity contribution in [2.45, 2.75) is 165 Å². The van der Waals surface area contributed by atoms with Crippen LogP contribution in [0.25, 0.3) is 6.08 Å². The Bertz CT molecular complexity index is 5090. The van der Waals surface area contributed by atoms with Crippen molar-refractivity contribution in [3.63, 3.8) is 0 Å². The molecule has 13 bridgehead atoms. The molecule has 0 amide bonds. The number of aromatic nitrogens is 5. The molecule has 0 saturated carbocycles. The minimum atomic E-state index is -2.20. The van der Waals surface area contributed by atoms with Crippen LogP contribution in [0.15, 0.2) is 154 Å². The maximum atomic E-state index is 15.0. The van der Waals surface area contributed by atoms with E-state index in [2.05, 4.69) is 91.5 Å². The number of aliphatic hydroxyl groups is 16. The summed E-state index contributed by atoms with van der Waals surface area (Å²) in [6.45, 7) is 27.3. The van der Waals surface area contributed by atoms with Crippen LogP contribution in [0.4, 0.5) is 0 Å². The number of allylic oxidation sites excluding steroid dienone is 1. The Labute approximate surface area is 664 Å². The van der Waals surface area contributed by atoms with Gasteiger partial charge >= 0.3 is 5.97 Å².